The Balaban J connectivity index is 2.06. The van der Waals surface area contributed by atoms with Crippen molar-refractivity contribution in [3.8, 4) is 0 Å². The number of benzene rings is 1. The van der Waals surface area contributed by atoms with Crippen molar-refractivity contribution in [3.63, 3.8) is 0 Å². The van der Waals surface area contributed by atoms with Crippen molar-refractivity contribution < 1.29 is 19.4 Å². The van der Waals surface area contributed by atoms with Gasteiger partial charge in [-0.05, 0) is 5.56 Å². The number of carboxylic acid groups (broad SMARTS) is 1. The first-order chi connectivity index (χ1) is 10.1. The molecule has 1 heterocycles. The Bertz CT molecular complexity index is 624. The highest BCUT2D eigenvalue weighted by molar-refractivity contribution is 5.92. The summed E-state index contributed by atoms with van der Waals surface area (Å²) in [6.45, 7) is -0.407. The molecule has 7 heteroatoms. The average molecular weight is 289 g/mol. The third kappa shape index (κ3) is 4.07. The Labute approximate surface area is 121 Å². The Morgan fingerprint density at radius 1 is 1.33 bits per heavy atom. The van der Waals surface area contributed by atoms with Gasteiger partial charge in [0.05, 0.1) is 11.9 Å². The fraction of sp³-hybridized carbons (Fsp3) is 0.214. The number of rotatable bonds is 5. The third-order valence-corrected chi connectivity index (χ3v) is 2.72. The zero-order chi connectivity index (χ0) is 15.2. The van der Waals surface area contributed by atoms with Crippen molar-refractivity contribution in [1.29, 1.82) is 0 Å². The lowest BCUT2D eigenvalue weighted by Gasteiger charge is -2.18. The minimum atomic E-state index is -1.13. The summed E-state index contributed by atoms with van der Waals surface area (Å²) in [7, 11) is 1.68. The molecule has 0 aliphatic heterocycles. The van der Waals surface area contributed by atoms with Gasteiger partial charge in [-0.1, -0.05) is 30.3 Å². The highest BCUT2D eigenvalue weighted by Crippen LogP contribution is 2.14. The maximum atomic E-state index is 12.1. The van der Waals surface area contributed by atoms with Crippen molar-refractivity contribution in [2.45, 2.75) is 6.61 Å². The largest absolute Gasteiger partial charge is 0.480 e. The molecule has 0 unspecified atom stereocenters. The number of aryl methyl sites for hydroxylation is 1. The highest BCUT2D eigenvalue weighted by Gasteiger charge is 2.21. The second kappa shape index (κ2) is 6.56. The van der Waals surface area contributed by atoms with Crippen molar-refractivity contribution in [2.75, 3.05) is 11.4 Å². The highest BCUT2D eigenvalue weighted by atomic mass is 16.6. The van der Waals surface area contributed by atoms with Crippen LogP contribution in [0.3, 0.4) is 0 Å². The van der Waals surface area contributed by atoms with Gasteiger partial charge in [-0.3, -0.25) is 14.4 Å². The van der Waals surface area contributed by atoms with Crippen LogP contribution < -0.4 is 4.90 Å². The summed E-state index contributed by atoms with van der Waals surface area (Å²) < 4.78 is 6.62. The van der Waals surface area contributed by atoms with Gasteiger partial charge in [0.15, 0.2) is 0 Å². The molecule has 0 bridgehead atoms. The minimum absolute atomic E-state index is 0.0794. The number of carbonyl (C=O) groups is 2. The van der Waals surface area contributed by atoms with Crippen LogP contribution in [0.15, 0.2) is 42.7 Å². The van der Waals surface area contributed by atoms with E-state index in [0.717, 1.165) is 10.5 Å². The van der Waals surface area contributed by atoms with Crippen LogP contribution >= 0.6 is 0 Å². The lowest BCUT2D eigenvalue weighted by molar-refractivity contribution is -0.135. The molecule has 1 aromatic carbocycles. The van der Waals surface area contributed by atoms with Gasteiger partial charge in [0, 0.05) is 13.2 Å². The molecule has 2 aromatic rings. The van der Waals surface area contributed by atoms with E-state index in [9.17, 15) is 9.59 Å². The van der Waals surface area contributed by atoms with Crippen LogP contribution in [0, 0.1) is 0 Å². The van der Waals surface area contributed by atoms with E-state index < -0.39 is 18.6 Å². The molecule has 2 rings (SSSR count). The number of nitrogens with zero attached hydrogens (tertiary/aromatic N) is 3. The number of aromatic nitrogens is 2. The van der Waals surface area contributed by atoms with Gasteiger partial charge >= 0.3 is 12.1 Å². The smallest absolute Gasteiger partial charge is 0.415 e. The molecule has 0 aliphatic rings. The number of carboxylic acids is 1. The van der Waals surface area contributed by atoms with E-state index in [1.807, 2.05) is 30.3 Å². The zero-order valence-electron chi connectivity index (χ0n) is 11.5. The molecule has 110 valence electrons. The van der Waals surface area contributed by atoms with Crippen LogP contribution in [0.25, 0.3) is 0 Å². The molecule has 0 spiro atoms. The first-order valence-corrected chi connectivity index (χ1v) is 6.25. The van der Waals surface area contributed by atoms with Crippen molar-refractivity contribution in [3.05, 3.63) is 48.3 Å². The van der Waals surface area contributed by atoms with Crippen LogP contribution in [0.5, 0.6) is 0 Å². The molecule has 0 aliphatic carbocycles. The van der Waals surface area contributed by atoms with Gasteiger partial charge in [-0.25, -0.2) is 4.79 Å². The summed E-state index contributed by atoms with van der Waals surface area (Å²) in [5, 5.41) is 12.8. The first-order valence-electron chi connectivity index (χ1n) is 6.25. The van der Waals surface area contributed by atoms with Gasteiger partial charge in [-0.15, -0.1) is 0 Å². The van der Waals surface area contributed by atoms with Crippen LogP contribution in [0.2, 0.25) is 0 Å². The van der Waals surface area contributed by atoms with Crippen LogP contribution in [-0.2, 0) is 23.2 Å². The maximum absolute atomic E-state index is 12.1. The van der Waals surface area contributed by atoms with Crippen LogP contribution in [0.4, 0.5) is 10.5 Å². The molecule has 0 saturated heterocycles. The summed E-state index contributed by atoms with van der Waals surface area (Å²) in [5.41, 5.74) is 1.20. The van der Waals surface area contributed by atoms with E-state index in [0.29, 0.717) is 5.69 Å². The predicted molar refractivity (Wildman–Crippen MR) is 74.8 cm³/mol. The van der Waals surface area contributed by atoms with Gasteiger partial charge in [0.2, 0.25) is 0 Å². The molecule has 1 amide bonds. The number of aliphatic carboxylic acids is 1. The predicted octanol–water partition coefficient (Wildman–Crippen LogP) is 1.65. The Hall–Kier alpha value is -2.83. The summed E-state index contributed by atoms with van der Waals surface area (Å²) in [6, 6.07) is 9.16. The number of amides is 1. The van der Waals surface area contributed by atoms with Gasteiger partial charge in [0.25, 0.3) is 0 Å². The van der Waals surface area contributed by atoms with E-state index in [-0.39, 0.29) is 6.61 Å². The second-order valence-corrected chi connectivity index (χ2v) is 4.39. The Kier molecular flexibility index (Phi) is 4.55. The number of hydrogen-bond donors (Lipinski definition) is 1. The number of anilines is 1. The Morgan fingerprint density at radius 2 is 2.05 bits per heavy atom. The standard InChI is InChI=1S/C14H15N3O4/c1-16-8-12(7-15-16)17(9-13(18)19)14(20)21-10-11-5-3-2-4-6-11/h2-8H,9-10H2,1H3,(H,18,19). The monoisotopic (exact) mass is 289 g/mol. The molecule has 1 aromatic heterocycles. The van der Waals surface area contributed by atoms with Gasteiger partial charge < -0.3 is 9.84 Å². The number of ether oxygens (including phenoxy) is 1. The fourth-order valence-corrected chi connectivity index (χ4v) is 1.74. The quantitative estimate of drug-likeness (QED) is 0.904. The molecule has 0 atom stereocenters. The van der Waals surface area contributed by atoms with Gasteiger partial charge in [0.1, 0.15) is 13.2 Å². The van der Waals surface area contributed by atoms with E-state index >= 15 is 0 Å². The minimum Gasteiger partial charge on any atom is -0.480 e. The summed E-state index contributed by atoms with van der Waals surface area (Å²) in [5.74, 6) is -1.13. The van der Waals surface area contributed by atoms with E-state index in [2.05, 4.69) is 5.10 Å². The molecule has 1 N–H and O–H groups in total. The fourth-order valence-electron chi connectivity index (χ4n) is 1.74. The van der Waals surface area contributed by atoms with E-state index in [4.69, 9.17) is 9.84 Å². The zero-order valence-corrected chi connectivity index (χ0v) is 11.5. The van der Waals surface area contributed by atoms with Crippen molar-refractivity contribution >= 4 is 17.7 Å². The lowest BCUT2D eigenvalue weighted by Crippen LogP contribution is -2.35. The summed E-state index contributed by atoms with van der Waals surface area (Å²) >= 11 is 0. The second-order valence-electron chi connectivity index (χ2n) is 4.39. The number of carbonyl (C=O) groups excluding carboxylic acids is 1. The Morgan fingerprint density at radius 3 is 2.62 bits per heavy atom. The third-order valence-electron chi connectivity index (χ3n) is 2.72. The van der Waals surface area contributed by atoms with E-state index in [1.165, 1.54) is 10.9 Å². The average Bonchev–Trinajstić information content (AvgIpc) is 2.89. The number of hydrogen-bond acceptors (Lipinski definition) is 4. The lowest BCUT2D eigenvalue weighted by atomic mass is 10.2. The molecule has 7 nitrogen and oxygen atoms in total. The van der Waals surface area contributed by atoms with E-state index in [1.54, 1.807) is 13.2 Å². The molecular formula is C14H15N3O4. The first kappa shape index (κ1) is 14.6. The molecule has 0 fully saturated rings. The SMILES string of the molecule is Cn1cc(N(CC(=O)O)C(=O)OCc2ccccc2)cn1. The summed E-state index contributed by atoms with van der Waals surface area (Å²) in [4.78, 5) is 24.0. The molecule has 0 radical (unpaired) electrons. The van der Waals surface area contributed by atoms with Crippen LogP contribution in [0.1, 0.15) is 5.56 Å². The van der Waals surface area contributed by atoms with Crippen LogP contribution in [-0.4, -0.2) is 33.5 Å². The van der Waals surface area contributed by atoms with Gasteiger partial charge in [-0.2, -0.15) is 5.10 Å². The topological polar surface area (TPSA) is 84.7 Å². The van der Waals surface area contributed by atoms with Crippen molar-refractivity contribution in [1.82, 2.24) is 9.78 Å². The molecule has 21 heavy (non-hydrogen) atoms. The normalized spacial score (nSPS) is 10.1. The maximum Gasteiger partial charge on any atom is 0.415 e. The summed E-state index contributed by atoms with van der Waals surface area (Å²) in [6.07, 6.45) is 2.23. The molecule has 0 saturated carbocycles. The molecular weight excluding hydrogens is 274 g/mol. The van der Waals surface area contributed by atoms with Crippen molar-refractivity contribution in [2.24, 2.45) is 7.05 Å².